The van der Waals surface area contributed by atoms with Crippen molar-refractivity contribution >= 4 is 22.6 Å². The van der Waals surface area contributed by atoms with E-state index in [2.05, 4.69) is 25.3 Å². The maximum absolute atomic E-state index is 13.7. The largest absolute Gasteiger partial charge is 0.480 e. The Hall–Kier alpha value is -4.86. The monoisotopic (exact) mass is 564 g/mol. The van der Waals surface area contributed by atoms with Gasteiger partial charge >= 0.3 is 0 Å². The van der Waals surface area contributed by atoms with Crippen LogP contribution >= 0.6 is 0 Å². The first-order valence-electron chi connectivity index (χ1n) is 14.2. The smallest absolute Gasteiger partial charge is 0.263 e. The van der Waals surface area contributed by atoms with E-state index >= 15 is 0 Å². The number of oxazole rings is 1. The molecule has 1 aromatic carbocycles. The molecule has 1 aliphatic carbocycles. The fourth-order valence-corrected chi connectivity index (χ4v) is 5.39. The second kappa shape index (κ2) is 11.9. The van der Waals surface area contributed by atoms with E-state index in [-0.39, 0.29) is 23.6 Å². The van der Waals surface area contributed by atoms with Crippen LogP contribution < -0.4 is 10.1 Å². The van der Waals surface area contributed by atoms with Gasteiger partial charge in [0.2, 0.25) is 17.6 Å². The highest BCUT2D eigenvalue weighted by molar-refractivity contribution is 5.92. The van der Waals surface area contributed by atoms with Crippen LogP contribution in [-0.4, -0.2) is 43.7 Å². The first-order valence-corrected chi connectivity index (χ1v) is 14.2. The number of carbonyl (C=O) groups excluding carboxylic acids is 2. The lowest BCUT2D eigenvalue weighted by molar-refractivity contribution is -0.124. The maximum Gasteiger partial charge on any atom is 0.263 e. The molecule has 2 N–H and O–H groups in total. The minimum atomic E-state index is -0.537. The number of aromatic amines is 1. The summed E-state index contributed by atoms with van der Waals surface area (Å²) < 4.78 is 10.7. The van der Waals surface area contributed by atoms with Gasteiger partial charge in [-0.25, -0.2) is 15.0 Å². The molecule has 0 bridgehead atoms. The highest BCUT2D eigenvalue weighted by Crippen LogP contribution is 2.48. The molecule has 0 spiro atoms. The number of amides is 1. The zero-order valence-electron chi connectivity index (χ0n) is 23.4. The molecule has 0 saturated heterocycles. The first-order chi connectivity index (χ1) is 20.6. The highest BCUT2D eigenvalue weighted by Gasteiger charge is 2.51. The van der Waals surface area contributed by atoms with Crippen molar-refractivity contribution in [1.29, 1.82) is 0 Å². The summed E-state index contributed by atoms with van der Waals surface area (Å²) in [7, 11) is 1.60. The molecular weight excluding hydrogens is 532 g/mol. The molecule has 10 heteroatoms. The summed E-state index contributed by atoms with van der Waals surface area (Å²) in [6, 6.07) is 13.4. The molecule has 1 aliphatic rings. The quantitative estimate of drug-likeness (QED) is 0.137. The predicted molar refractivity (Wildman–Crippen MR) is 156 cm³/mol. The number of aromatic nitrogens is 5. The zero-order valence-corrected chi connectivity index (χ0v) is 23.4. The number of para-hydroxylation sites is 1. The maximum atomic E-state index is 13.7. The lowest BCUT2D eigenvalue weighted by atomic mass is 9.95. The Bertz CT molecular complexity index is 1680. The Morgan fingerprint density at radius 2 is 1.90 bits per heavy atom. The standard InChI is InChI=1S/C32H32N6O4/c1-41-29-23(19-21-7-5-6-8-24(21)37-29)26-20-35-28(36-26)25(9-3-2-4-10-27(39)30-34-17-18-42-30)38-31(40)32(13-14-32)22-11-15-33-16-12-22/h5-8,11-12,15-20,25H,2-4,9-10,13-14H2,1H3,(H,35,36)(H,38,40). The van der Waals surface area contributed by atoms with Gasteiger partial charge in [-0.2, -0.15) is 0 Å². The molecular formula is C32H32N6O4. The number of hydrogen-bond acceptors (Lipinski definition) is 8. The van der Waals surface area contributed by atoms with Crippen LogP contribution in [0.15, 0.2) is 77.9 Å². The van der Waals surface area contributed by atoms with E-state index in [1.807, 2.05) is 42.5 Å². The number of carbonyl (C=O) groups is 2. The summed E-state index contributed by atoms with van der Waals surface area (Å²) in [5.74, 6) is 1.18. The Morgan fingerprint density at radius 1 is 1.07 bits per heavy atom. The van der Waals surface area contributed by atoms with Crippen LogP contribution in [0.3, 0.4) is 0 Å². The summed E-state index contributed by atoms with van der Waals surface area (Å²) in [6.07, 6.45) is 13.0. The van der Waals surface area contributed by atoms with Gasteiger partial charge in [0.1, 0.15) is 12.1 Å². The fourth-order valence-electron chi connectivity index (χ4n) is 5.39. The Labute approximate surface area is 243 Å². The van der Waals surface area contributed by atoms with Crippen molar-refractivity contribution in [2.24, 2.45) is 0 Å². The number of hydrogen-bond donors (Lipinski definition) is 2. The SMILES string of the molecule is COc1nc2ccccc2cc1-c1cnc(C(CCCCCC(=O)c2ncco2)NC(=O)C2(c3ccncc3)CC2)[nH]1. The van der Waals surface area contributed by atoms with Crippen molar-refractivity contribution in [3.63, 3.8) is 0 Å². The van der Waals surface area contributed by atoms with Gasteiger partial charge in [-0.05, 0) is 55.5 Å². The summed E-state index contributed by atoms with van der Waals surface area (Å²) in [5, 5.41) is 4.28. The molecule has 1 saturated carbocycles. The van der Waals surface area contributed by atoms with E-state index in [4.69, 9.17) is 14.1 Å². The Balaban J connectivity index is 1.20. The van der Waals surface area contributed by atoms with Crippen molar-refractivity contribution in [3.8, 4) is 17.1 Å². The first kappa shape index (κ1) is 27.3. The number of benzene rings is 1. The number of nitrogens with one attached hydrogen (secondary N) is 2. The number of ketones is 1. The number of nitrogens with zero attached hydrogens (tertiary/aromatic N) is 4. The van der Waals surface area contributed by atoms with Crippen molar-refractivity contribution in [2.45, 2.75) is 56.4 Å². The summed E-state index contributed by atoms with van der Waals surface area (Å²) >= 11 is 0. The minimum absolute atomic E-state index is 0.0133. The zero-order chi connectivity index (χ0) is 28.9. The van der Waals surface area contributed by atoms with Gasteiger partial charge in [-0.1, -0.05) is 31.0 Å². The fraction of sp³-hybridized carbons (Fsp3) is 0.312. The third-order valence-corrected chi connectivity index (χ3v) is 7.89. The molecule has 1 atom stereocenters. The lowest BCUT2D eigenvalue weighted by Gasteiger charge is -2.22. The molecule has 42 heavy (non-hydrogen) atoms. The van der Waals surface area contributed by atoms with Crippen LogP contribution in [0.25, 0.3) is 22.2 Å². The summed E-state index contributed by atoms with van der Waals surface area (Å²) in [4.78, 5) is 46.8. The van der Waals surface area contributed by atoms with Crippen LogP contribution in [0.2, 0.25) is 0 Å². The molecule has 4 aromatic heterocycles. The molecule has 5 aromatic rings. The predicted octanol–water partition coefficient (Wildman–Crippen LogP) is 5.74. The van der Waals surface area contributed by atoms with E-state index in [1.165, 1.54) is 12.5 Å². The van der Waals surface area contributed by atoms with Crippen molar-refractivity contribution in [2.75, 3.05) is 7.11 Å². The lowest BCUT2D eigenvalue weighted by Crippen LogP contribution is -2.37. The summed E-state index contributed by atoms with van der Waals surface area (Å²) in [6.45, 7) is 0. The molecule has 6 rings (SSSR count). The highest BCUT2D eigenvalue weighted by atomic mass is 16.5. The second-order valence-electron chi connectivity index (χ2n) is 10.6. The van der Waals surface area contributed by atoms with Gasteiger partial charge < -0.3 is 19.5 Å². The number of unbranched alkanes of at least 4 members (excludes halogenated alkanes) is 2. The van der Waals surface area contributed by atoms with Gasteiger partial charge in [-0.3, -0.25) is 14.6 Å². The third-order valence-electron chi connectivity index (χ3n) is 7.89. The molecule has 1 amide bonds. The second-order valence-corrected chi connectivity index (χ2v) is 10.6. The number of imidazole rings is 1. The van der Waals surface area contributed by atoms with Gasteiger partial charge in [0.05, 0.1) is 47.7 Å². The topological polar surface area (TPSA) is 136 Å². The number of rotatable bonds is 13. The van der Waals surface area contributed by atoms with Crippen molar-refractivity contribution in [3.05, 3.63) is 90.8 Å². The van der Waals surface area contributed by atoms with Crippen LogP contribution in [0, 0.1) is 0 Å². The number of ether oxygens (including phenoxy) is 1. The molecule has 1 unspecified atom stereocenters. The summed E-state index contributed by atoms with van der Waals surface area (Å²) in [5.41, 5.74) is 2.83. The molecule has 4 heterocycles. The van der Waals surface area contributed by atoms with Crippen LogP contribution in [0.4, 0.5) is 0 Å². The number of H-pyrrole nitrogens is 1. The molecule has 1 fully saturated rings. The van der Waals surface area contributed by atoms with Crippen LogP contribution in [-0.2, 0) is 10.2 Å². The van der Waals surface area contributed by atoms with E-state index in [0.29, 0.717) is 31.0 Å². The number of methoxy groups -OCH3 is 1. The average molecular weight is 565 g/mol. The molecule has 10 nitrogen and oxygen atoms in total. The van der Waals surface area contributed by atoms with E-state index in [1.54, 1.807) is 25.7 Å². The normalized spacial score (nSPS) is 14.4. The van der Waals surface area contributed by atoms with E-state index in [0.717, 1.165) is 53.4 Å². The van der Waals surface area contributed by atoms with Gasteiger partial charge in [0.25, 0.3) is 5.89 Å². The van der Waals surface area contributed by atoms with Gasteiger partial charge in [0.15, 0.2) is 0 Å². The number of Topliss-reactive ketones (excluding diaryl/α,β-unsaturated/α-hetero) is 1. The van der Waals surface area contributed by atoms with E-state index in [9.17, 15) is 9.59 Å². The minimum Gasteiger partial charge on any atom is -0.480 e. The molecule has 0 radical (unpaired) electrons. The van der Waals surface area contributed by atoms with Crippen molar-refractivity contribution in [1.82, 2.24) is 30.2 Å². The Morgan fingerprint density at radius 3 is 2.67 bits per heavy atom. The van der Waals surface area contributed by atoms with Gasteiger partial charge in [0, 0.05) is 24.2 Å². The van der Waals surface area contributed by atoms with E-state index < -0.39 is 5.41 Å². The number of pyridine rings is 2. The van der Waals surface area contributed by atoms with Crippen molar-refractivity contribution < 1.29 is 18.7 Å². The van der Waals surface area contributed by atoms with Crippen LogP contribution in [0.5, 0.6) is 5.88 Å². The number of fused-ring (bicyclic) bond motifs is 1. The molecule has 0 aliphatic heterocycles. The Kier molecular flexibility index (Phi) is 7.76. The van der Waals surface area contributed by atoms with Gasteiger partial charge in [-0.15, -0.1) is 0 Å². The average Bonchev–Trinajstić information content (AvgIpc) is 3.39. The van der Waals surface area contributed by atoms with Crippen LogP contribution in [0.1, 0.15) is 73.1 Å². The third kappa shape index (κ3) is 5.65. The molecule has 214 valence electrons.